The summed E-state index contributed by atoms with van der Waals surface area (Å²) < 4.78 is 6.02. The van der Waals surface area contributed by atoms with Crippen molar-refractivity contribution in [1.82, 2.24) is 5.32 Å². The number of rotatable bonds is 3. The number of ether oxygens (including phenoxy) is 1. The molecule has 0 radical (unpaired) electrons. The molecule has 9 heteroatoms. The van der Waals surface area contributed by atoms with Crippen LogP contribution in [0.5, 0.6) is 5.75 Å². The van der Waals surface area contributed by atoms with E-state index < -0.39 is 5.91 Å². The average molecular weight is 486 g/mol. The Morgan fingerprint density at radius 3 is 2.59 bits per heavy atom. The van der Waals surface area contributed by atoms with Gasteiger partial charge in [0.15, 0.2) is 5.17 Å². The number of methoxy groups -OCH3 is 1. The largest absolute Gasteiger partial charge is 0.495 e. The van der Waals surface area contributed by atoms with Crippen LogP contribution in [0.1, 0.15) is 15.9 Å². The van der Waals surface area contributed by atoms with Gasteiger partial charge < -0.3 is 10.1 Å². The van der Waals surface area contributed by atoms with Gasteiger partial charge in [0.1, 0.15) is 5.75 Å². The lowest BCUT2D eigenvalue weighted by atomic mass is 10.2. The minimum atomic E-state index is -0.473. The van der Waals surface area contributed by atoms with Crippen molar-refractivity contribution in [2.24, 2.45) is 4.99 Å². The van der Waals surface area contributed by atoms with Gasteiger partial charge in [-0.05, 0) is 70.2 Å². The highest BCUT2D eigenvalue weighted by Crippen LogP contribution is 2.36. The zero-order valence-electron chi connectivity index (χ0n) is 13.8. The molecule has 0 aromatic heterocycles. The molecule has 1 fully saturated rings. The third-order valence-electron chi connectivity index (χ3n) is 3.47. The van der Waals surface area contributed by atoms with E-state index in [0.717, 1.165) is 11.8 Å². The third-order valence-corrected chi connectivity index (χ3v) is 5.44. The Morgan fingerprint density at radius 2 is 1.93 bits per heavy atom. The molecular formula is C18H11BrCl2N2O3S. The Bertz CT molecular complexity index is 991. The second kappa shape index (κ2) is 8.48. The lowest BCUT2D eigenvalue weighted by Crippen LogP contribution is -2.20. The number of amides is 2. The van der Waals surface area contributed by atoms with E-state index >= 15 is 0 Å². The number of aliphatic imine (C=N–C) groups is 1. The molecule has 0 unspecified atom stereocenters. The van der Waals surface area contributed by atoms with Crippen LogP contribution in [0, 0.1) is 0 Å². The van der Waals surface area contributed by atoms with Gasteiger partial charge in [-0.2, -0.15) is 4.99 Å². The van der Waals surface area contributed by atoms with Crippen LogP contribution >= 0.6 is 50.9 Å². The first-order valence-corrected chi connectivity index (χ1v) is 9.86. The summed E-state index contributed by atoms with van der Waals surface area (Å²) in [6, 6.07) is 9.72. The van der Waals surface area contributed by atoms with Crippen LogP contribution in [0.15, 0.2) is 50.8 Å². The minimum absolute atomic E-state index is 0.200. The number of carbonyl (C=O) groups is 2. The standard InChI is InChI=1S/C18H11BrCl2N2O3S/c1-26-15-10(6-12(21)8-13(15)19)7-14-17(25)23-18(27-14)22-16(24)9-2-4-11(20)5-3-9/h2-8H,1H3,(H,22,23,24,25)/b14-7-. The quantitative estimate of drug-likeness (QED) is 0.609. The molecule has 2 aromatic carbocycles. The smallest absolute Gasteiger partial charge is 0.279 e. The van der Waals surface area contributed by atoms with E-state index in [4.69, 9.17) is 27.9 Å². The Morgan fingerprint density at radius 1 is 1.22 bits per heavy atom. The maximum Gasteiger partial charge on any atom is 0.279 e. The van der Waals surface area contributed by atoms with Crippen LogP contribution < -0.4 is 10.1 Å². The zero-order chi connectivity index (χ0) is 19.6. The molecule has 0 bridgehead atoms. The fourth-order valence-electron chi connectivity index (χ4n) is 2.27. The van der Waals surface area contributed by atoms with E-state index in [0.29, 0.717) is 36.3 Å². The molecule has 0 saturated carbocycles. The molecule has 1 saturated heterocycles. The Hall–Kier alpha value is -1.80. The van der Waals surface area contributed by atoms with E-state index in [1.807, 2.05) is 0 Å². The number of carbonyl (C=O) groups excluding carboxylic acids is 2. The Labute approximate surface area is 177 Å². The van der Waals surface area contributed by atoms with Gasteiger partial charge in [0.2, 0.25) is 0 Å². The van der Waals surface area contributed by atoms with Crippen molar-refractivity contribution >= 4 is 74.0 Å². The molecule has 0 atom stereocenters. The van der Waals surface area contributed by atoms with Crippen molar-refractivity contribution in [3.8, 4) is 5.75 Å². The first-order chi connectivity index (χ1) is 12.9. The SMILES string of the molecule is COc1c(Br)cc(Cl)cc1/C=C1\SC(=NC(=O)c2ccc(Cl)cc2)NC1=O. The zero-order valence-corrected chi connectivity index (χ0v) is 17.7. The van der Waals surface area contributed by atoms with Crippen LogP contribution in [-0.4, -0.2) is 24.1 Å². The van der Waals surface area contributed by atoms with Crippen molar-refractivity contribution in [2.45, 2.75) is 0 Å². The molecular weight excluding hydrogens is 475 g/mol. The fraction of sp³-hybridized carbons (Fsp3) is 0.0556. The van der Waals surface area contributed by atoms with Crippen molar-refractivity contribution in [2.75, 3.05) is 7.11 Å². The number of nitrogens with one attached hydrogen (secondary N) is 1. The number of amidine groups is 1. The second-order valence-corrected chi connectivity index (χ2v) is 8.06. The van der Waals surface area contributed by atoms with Gasteiger partial charge in [0, 0.05) is 21.2 Å². The highest BCUT2D eigenvalue weighted by molar-refractivity contribution is 9.10. The van der Waals surface area contributed by atoms with Gasteiger partial charge in [-0.15, -0.1) is 0 Å². The van der Waals surface area contributed by atoms with Gasteiger partial charge in [0.05, 0.1) is 16.5 Å². The van der Waals surface area contributed by atoms with E-state index in [1.165, 1.54) is 7.11 Å². The van der Waals surface area contributed by atoms with Crippen molar-refractivity contribution in [1.29, 1.82) is 0 Å². The lowest BCUT2D eigenvalue weighted by Gasteiger charge is -2.08. The van der Waals surface area contributed by atoms with Crippen molar-refractivity contribution < 1.29 is 14.3 Å². The summed E-state index contributed by atoms with van der Waals surface area (Å²) >= 11 is 16.3. The van der Waals surface area contributed by atoms with Gasteiger partial charge in [-0.1, -0.05) is 23.2 Å². The van der Waals surface area contributed by atoms with Crippen LogP contribution in [0.4, 0.5) is 0 Å². The number of thioether (sulfide) groups is 1. The summed E-state index contributed by atoms with van der Waals surface area (Å²) in [7, 11) is 1.52. The van der Waals surface area contributed by atoms with Crippen LogP contribution in [0.25, 0.3) is 6.08 Å². The first kappa shape index (κ1) is 19.9. The van der Waals surface area contributed by atoms with Crippen LogP contribution in [0.3, 0.4) is 0 Å². The Balaban J connectivity index is 1.86. The molecule has 2 amide bonds. The molecule has 5 nitrogen and oxygen atoms in total. The van der Waals surface area contributed by atoms with Gasteiger partial charge in [0.25, 0.3) is 11.8 Å². The van der Waals surface area contributed by atoms with Gasteiger partial charge in [-0.3, -0.25) is 9.59 Å². The molecule has 1 N–H and O–H groups in total. The van der Waals surface area contributed by atoms with Gasteiger partial charge in [-0.25, -0.2) is 0 Å². The molecule has 0 spiro atoms. The normalized spacial score (nSPS) is 16.7. The summed E-state index contributed by atoms with van der Waals surface area (Å²) in [6.45, 7) is 0. The second-order valence-electron chi connectivity index (χ2n) is 5.30. The molecule has 1 aliphatic heterocycles. The molecule has 2 aromatic rings. The minimum Gasteiger partial charge on any atom is -0.495 e. The highest BCUT2D eigenvalue weighted by Gasteiger charge is 2.25. The molecule has 1 heterocycles. The van der Waals surface area contributed by atoms with Crippen molar-refractivity contribution in [3.63, 3.8) is 0 Å². The summed E-state index contributed by atoms with van der Waals surface area (Å²) in [5.41, 5.74) is 0.999. The number of halogens is 3. The molecule has 138 valence electrons. The highest BCUT2D eigenvalue weighted by atomic mass is 79.9. The van der Waals surface area contributed by atoms with E-state index in [-0.39, 0.29) is 11.1 Å². The number of hydrogen-bond donors (Lipinski definition) is 1. The van der Waals surface area contributed by atoms with Crippen molar-refractivity contribution in [3.05, 3.63) is 66.9 Å². The van der Waals surface area contributed by atoms with E-state index in [9.17, 15) is 9.59 Å². The predicted molar refractivity (Wildman–Crippen MR) is 113 cm³/mol. The fourth-order valence-corrected chi connectivity index (χ4v) is 4.21. The van der Waals surface area contributed by atoms with Gasteiger partial charge >= 0.3 is 0 Å². The summed E-state index contributed by atoms with van der Waals surface area (Å²) in [6.07, 6.45) is 1.63. The topological polar surface area (TPSA) is 67.8 Å². The summed E-state index contributed by atoms with van der Waals surface area (Å²) in [4.78, 5) is 28.8. The predicted octanol–water partition coefficient (Wildman–Crippen LogP) is 5.16. The third kappa shape index (κ3) is 4.73. The van der Waals surface area contributed by atoms with Crippen LogP contribution in [-0.2, 0) is 4.79 Å². The van der Waals surface area contributed by atoms with E-state index in [1.54, 1.807) is 42.5 Å². The number of nitrogens with zero attached hydrogens (tertiary/aromatic N) is 1. The monoisotopic (exact) mass is 484 g/mol. The average Bonchev–Trinajstić information content (AvgIpc) is 2.94. The molecule has 3 rings (SSSR count). The molecule has 1 aliphatic rings. The van der Waals surface area contributed by atoms with Crippen LogP contribution in [0.2, 0.25) is 10.0 Å². The summed E-state index contributed by atoms with van der Waals surface area (Å²) in [5, 5.41) is 3.79. The number of hydrogen-bond acceptors (Lipinski definition) is 4. The Kier molecular flexibility index (Phi) is 6.26. The number of benzene rings is 2. The summed E-state index contributed by atoms with van der Waals surface area (Å²) in [5.74, 6) is -0.289. The van der Waals surface area contributed by atoms with E-state index in [2.05, 4.69) is 26.2 Å². The lowest BCUT2D eigenvalue weighted by molar-refractivity contribution is -0.115. The molecule has 0 aliphatic carbocycles. The maximum absolute atomic E-state index is 12.2. The molecule has 27 heavy (non-hydrogen) atoms. The first-order valence-electron chi connectivity index (χ1n) is 7.50. The maximum atomic E-state index is 12.2.